The van der Waals surface area contributed by atoms with Crippen molar-refractivity contribution in [3.8, 4) is 0 Å². The molecule has 1 atom stereocenters. The van der Waals surface area contributed by atoms with Crippen molar-refractivity contribution in [2.45, 2.75) is 45.6 Å². The van der Waals surface area contributed by atoms with Gasteiger partial charge in [-0.15, -0.1) is 0 Å². The van der Waals surface area contributed by atoms with Gasteiger partial charge in [-0.25, -0.2) is 14.8 Å². The van der Waals surface area contributed by atoms with E-state index >= 15 is 0 Å². The lowest BCUT2D eigenvalue weighted by atomic mass is 9.88. The summed E-state index contributed by atoms with van der Waals surface area (Å²) in [6.07, 6.45) is 0.00134. The average Bonchev–Trinajstić information content (AvgIpc) is 2.37. The highest BCUT2D eigenvalue weighted by Gasteiger charge is 2.28. The highest BCUT2D eigenvalue weighted by Crippen LogP contribution is 2.32. The van der Waals surface area contributed by atoms with Crippen LogP contribution in [0, 0.1) is 13.8 Å². The highest BCUT2D eigenvalue weighted by atomic mass is 16.4. The number of aliphatic hydroxyl groups excluding tert-OH is 1. The van der Waals surface area contributed by atoms with Gasteiger partial charge in [0.05, 0.1) is 11.8 Å². The maximum Gasteiger partial charge on any atom is 0.407 e. The first-order valence-corrected chi connectivity index (χ1v) is 6.91. The smallest absolute Gasteiger partial charge is 0.407 e. The molecule has 0 spiro atoms. The van der Waals surface area contributed by atoms with Crippen molar-refractivity contribution < 1.29 is 15.0 Å². The van der Waals surface area contributed by atoms with Crippen LogP contribution in [0.25, 0.3) is 0 Å². The van der Waals surface area contributed by atoms with E-state index in [1.807, 2.05) is 13.8 Å². The molecule has 1 fully saturated rings. The Hall–Kier alpha value is -1.69. The summed E-state index contributed by atoms with van der Waals surface area (Å²) in [6.45, 7) is 6.47. The molecule has 1 amide bonds. The van der Waals surface area contributed by atoms with E-state index in [9.17, 15) is 9.90 Å². The normalized spacial score (nSPS) is 18.1. The van der Waals surface area contributed by atoms with Gasteiger partial charge in [0.1, 0.15) is 5.82 Å². The molecule has 1 aromatic heterocycles. The highest BCUT2D eigenvalue weighted by molar-refractivity contribution is 5.65. The third kappa shape index (κ3) is 2.90. The summed E-state index contributed by atoms with van der Waals surface area (Å²) in [6, 6.07) is 0. The average molecular weight is 279 g/mol. The Morgan fingerprint density at radius 3 is 2.40 bits per heavy atom. The molecule has 1 aliphatic heterocycles. The zero-order valence-corrected chi connectivity index (χ0v) is 12.1. The van der Waals surface area contributed by atoms with E-state index in [0.717, 1.165) is 29.8 Å². The number of hydrogen-bond acceptors (Lipinski definition) is 4. The van der Waals surface area contributed by atoms with Crippen LogP contribution in [0.2, 0.25) is 0 Å². The van der Waals surface area contributed by atoms with E-state index in [1.54, 1.807) is 6.92 Å². The Bertz CT molecular complexity index is 509. The van der Waals surface area contributed by atoms with Gasteiger partial charge in [-0.3, -0.25) is 0 Å². The number of rotatable bonds is 2. The van der Waals surface area contributed by atoms with Crippen LogP contribution in [0.1, 0.15) is 54.6 Å². The van der Waals surface area contributed by atoms with E-state index in [-0.39, 0.29) is 5.92 Å². The molecule has 20 heavy (non-hydrogen) atoms. The standard InChI is InChI=1S/C14H21N3O3/c1-8-12(9(2)18)13(16-10(3)15-8)11-4-6-17(7-5-11)14(19)20/h9,11,18H,4-7H2,1-3H3,(H,19,20). The second kappa shape index (κ2) is 5.75. The number of amides is 1. The van der Waals surface area contributed by atoms with Crippen molar-refractivity contribution >= 4 is 6.09 Å². The van der Waals surface area contributed by atoms with Crippen LogP contribution in [0.3, 0.4) is 0 Å². The minimum absolute atomic E-state index is 0.190. The van der Waals surface area contributed by atoms with Gasteiger partial charge in [0, 0.05) is 30.3 Å². The number of nitrogens with zero attached hydrogens (tertiary/aromatic N) is 3. The van der Waals surface area contributed by atoms with Crippen LogP contribution in [-0.4, -0.2) is 44.3 Å². The second-order valence-corrected chi connectivity index (χ2v) is 5.38. The molecule has 2 heterocycles. The molecule has 1 saturated heterocycles. The molecule has 1 aliphatic rings. The zero-order chi connectivity index (χ0) is 14.9. The second-order valence-electron chi connectivity index (χ2n) is 5.38. The maximum atomic E-state index is 10.9. The molecule has 6 nitrogen and oxygen atoms in total. The van der Waals surface area contributed by atoms with Gasteiger partial charge >= 0.3 is 6.09 Å². The van der Waals surface area contributed by atoms with Gasteiger partial charge in [-0.2, -0.15) is 0 Å². The molecular weight excluding hydrogens is 258 g/mol. The van der Waals surface area contributed by atoms with Crippen LogP contribution in [0.15, 0.2) is 0 Å². The lowest BCUT2D eigenvalue weighted by Gasteiger charge is -2.31. The van der Waals surface area contributed by atoms with Crippen molar-refractivity contribution in [3.63, 3.8) is 0 Å². The SMILES string of the molecule is Cc1nc(C)c(C(C)O)c(C2CCN(C(=O)O)CC2)n1. The van der Waals surface area contributed by atoms with E-state index in [2.05, 4.69) is 9.97 Å². The van der Waals surface area contributed by atoms with Crippen LogP contribution in [0.5, 0.6) is 0 Å². The van der Waals surface area contributed by atoms with Crippen LogP contribution >= 0.6 is 0 Å². The summed E-state index contributed by atoms with van der Waals surface area (Å²) in [4.78, 5) is 21.2. The maximum absolute atomic E-state index is 10.9. The minimum atomic E-state index is -0.866. The fourth-order valence-corrected chi connectivity index (χ4v) is 2.92. The Morgan fingerprint density at radius 1 is 1.30 bits per heavy atom. The van der Waals surface area contributed by atoms with Crippen LogP contribution < -0.4 is 0 Å². The third-order valence-electron chi connectivity index (χ3n) is 3.85. The number of aromatic nitrogens is 2. The van der Waals surface area contributed by atoms with Gasteiger partial charge in [-0.05, 0) is 33.6 Å². The Balaban J connectivity index is 2.27. The molecule has 2 rings (SSSR count). The van der Waals surface area contributed by atoms with E-state index < -0.39 is 12.2 Å². The quantitative estimate of drug-likeness (QED) is 0.864. The largest absolute Gasteiger partial charge is 0.465 e. The topological polar surface area (TPSA) is 86.6 Å². The van der Waals surface area contributed by atoms with Gasteiger partial charge in [0.25, 0.3) is 0 Å². The van der Waals surface area contributed by atoms with Gasteiger partial charge < -0.3 is 15.1 Å². The number of aliphatic hydroxyl groups is 1. The predicted molar refractivity (Wildman–Crippen MR) is 73.7 cm³/mol. The zero-order valence-electron chi connectivity index (χ0n) is 12.1. The first-order chi connectivity index (χ1) is 9.40. The van der Waals surface area contributed by atoms with Crippen molar-refractivity contribution in [2.24, 2.45) is 0 Å². The number of likely N-dealkylation sites (tertiary alicyclic amines) is 1. The molecule has 1 aromatic rings. The Morgan fingerprint density at radius 2 is 1.90 bits per heavy atom. The fraction of sp³-hybridized carbons (Fsp3) is 0.643. The third-order valence-corrected chi connectivity index (χ3v) is 3.85. The van der Waals surface area contributed by atoms with Crippen molar-refractivity contribution in [3.05, 3.63) is 22.8 Å². The number of aryl methyl sites for hydroxylation is 2. The first-order valence-electron chi connectivity index (χ1n) is 6.91. The summed E-state index contributed by atoms with van der Waals surface area (Å²) in [5, 5.41) is 18.9. The van der Waals surface area contributed by atoms with Gasteiger partial charge in [-0.1, -0.05) is 0 Å². The number of carboxylic acid groups (broad SMARTS) is 1. The summed E-state index contributed by atoms with van der Waals surface area (Å²) < 4.78 is 0. The lowest BCUT2D eigenvalue weighted by molar-refractivity contribution is 0.131. The summed E-state index contributed by atoms with van der Waals surface area (Å²) in [7, 11) is 0. The minimum Gasteiger partial charge on any atom is -0.465 e. The molecule has 2 N–H and O–H groups in total. The van der Waals surface area contributed by atoms with E-state index in [4.69, 9.17) is 5.11 Å². The monoisotopic (exact) mass is 279 g/mol. The van der Waals surface area contributed by atoms with Crippen molar-refractivity contribution in [1.29, 1.82) is 0 Å². The van der Waals surface area contributed by atoms with Crippen molar-refractivity contribution in [1.82, 2.24) is 14.9 Å². The fourth-order valence-electron chi connectivity index (χ4n) is 2.92. The number of carbonyl (C=O) groups is 1. The predicted octanol–water partition coefficient (Wildman–Crippen LogP) is 2.00. The van der Waals surface area contributed by atoms with E-state index in [1.165, 1.54) is 4.90 Å². The molecule has 0 bridgehead atoms. The molecular formula is C14H21N3O3. The summed E-state index contributed by atoms with van der Waals surface area (Å²) >= 11 is 0. The first kappa shape index (κ1) is 14.7. The lowest BCUT2D eigenvalue weighted by Crippen LogP contribution is -2.37. The van der Waals surface area contributed by atoms with E-state index in [0.29, 0.717) is 18.9 Å². The molecule has 6 heteroatoms. The molecule has 0 aliphatic carbocycles. The van der Waals surface area contributed by atoms with Crippen LogP contribution in [-0.2, 0) is 0 Å². The van der Waals surface area contributed by atoms with Crippen molar-refractivity contribution in [2.75, 3.05) is 13.1 Å². The summed E-state index contributed by atoms with van der Waals surface area (Å²) in [5.74, 6) is 0.887. The van der Waals surface area contributed by atoms with Gasteiger partial charge in [0.2, 0.25) is 0 Å². The number of piperidine rings is 1. The summed E-state index contributed by atoms with van der Waals surface area (Å²) in [5.41, 5.74) is 2.49. The van der Waals surface area contributed by atoms with Crippen LogP contribution in [0.4, 0.5) is 4.79 Å². The molecule has 0 aromatic carbocycles. The van der Waals surface area contributed by atoms with Gasteiger partial charge in [0.15, 0.2) is 0 Å². The molecule has 0 radical (unpaired) electrons. The number of hydrogen-bond donors (Lipinski definition) is 2. The molecule has 110 valence electrons. The Kier molecular flexibility index (Phi) is 4.23. The molecule has 0 saturated carbocycles. The molecule has 1 unspecified atom stereocenters. The Labute approximate surface area is 118 Å².